The molecule has 0 aliphatic heterocycles. The minimum absolute atomic E-state index is 0. The van der Waals surface area contributed by atoms with E-state index in [-0.39, 0.29) is 7.43 Å². The summed E-state index contributed by atoms with van der Waals surface area (Å²) in [6.07, 6.45) is 11.4. The van der Waals surface area contributed by atoms with Crippen LogP contribution in [0.25, 0.3) is 0 Å². The maximum Gasteiger partial charge on any atom is -0.00908 e. The first-order chi connectivity index (χ1) is 5.33. The molecule has 0 aromatic rings. The van der Waals surface area contributed by atoms with Crippen LogP contribution in [0.1, 0.15) is 58.8 Å². The first-order valence-corrected chi connectivity index (χ1v) is 5.02. The molecule has 0 N–H and O–H groups in total. The summed E-state index contributed by atoms with van der Waals surface area (Å²) in [5.41, 5.74) is 2.22. The van der Waals surface area contributed by atoms with Crippen molar-refractivity contribution in [3.63, 3.8) is 0 Å². The van der Waals surface area contributed by atoms with Crippen molar-refractivity contribution in [3.05, 3.63) is 12.2 Å². The van der Waals surface area contributed by atoms with E-state index in [1.54, 1.807) is 5.57 Å². The summed E-state index contributed by atoms with van der Waals surface area (Å²) in [4.78, 5) is 0. The van der Waals surface area contributed by atoms with Crippen LogP contribution in [0.2, 0.25) is 0 Å². The average molecular weight is 166 g/mol. The Morgan fingerprint density at radius 2 is 1.42 bits per heavy atom. The predicted octanol–water partition coefficient (Wildman–Crippen LogP) is 4.31. The smallest absolute Gasteiger partial charge is 0.00908 e. The Hall–Kier alpha value is -0.260. The van der Waals surface area contributed by atoms with Gasteiger partial charge in [-0.3, -0.25) is 0 Å². The Balaban J connectivity index is 0.000000720. The topological polar surface area (TPSA) is 0 Å². The molecule has 0 aromatic heterocycles. The molecule has 2 aliphatic carbocycles. The van der Waals surface area contributed by atoms with Crippen LogP contribution in [-0.2, 0) is 0 Å². The van der Waals surface area contributed by atoms with Crippen LogP contribution in [-0.4, -0.2) is 0 Å². The quantitative estimate of drug-likeness (QED) is 0.470. The number of hydrogen-bond acceptors (Lipinski definition) is 0. The molecule has 0 heterocycles. The van der Waals surface area contributed by atoms with Crippen molar-refractivity contribution in [2.45, 2.75) is 58.8 Å². The second-order valence-electron chi connectivity index (χ2n) is 4.30. The van der Waals surface area contributed by atoms with Crippen LogP contribution in [0, 0.1) is 5.41 Å². The van der Waals surface area contributed by atoms with Gasteiger partial charge in [-0.05, 0) is 37.5 Å². The maximum absolute atomic E-state index is 4.25. The lowest BCUT2D eigenvalue weighted by atomic mass is 9.70. The second kappa shape index (κ2) is 3.64. The van der Waals surface area contributed by atoms with E-state index in [1.807, 2.05) is 0 Å². The summed E-state index contributed by atoms with van der Waals surface area (Å²) in [6.45, 7) is 4.25. The highest BCUT2D eigenvalue weighted by Crippen LogP contribution is 2.51. The Morgan fingerprint density at radius 3 is 1.92 bits per heavy atom. The van der Waals surface area contributed by atoms with E-state index in [4.69, 9.17) is 0 Å². The highest BCUT2D eigenvalue weighted by Gasteiger charge is 2.37. The van der Waals surface area contributed by atoms with Gasteiger partial charge in [0.25, 0.3) is 0 Å². The van der Waals surface area contributed by atoms with Crippen LogP contribution in [0.15, 0.2) is 12.2 Å². The van der Waals surface area contributed by atoms with E-state index in [2.05, 4.69) is 6.58 Å². The molecule has 0 aromatic carbocycles. The monoisotopic (exact) mass is 166 g/mol. The molecule has 2 aliphatic rings. The van der Waals surface area contributed by atoms with Crippen LogP contribution >= 0.6 is 0 Å². The van der Waals surface area contributed by atoms with Gasteiger partial charge in [-0.15, -0.1) is 0 Å². The molecule has 12 heavy (non-hydrogen) atoms. The molecule has 0 atom stereocenters. The zero-order valence-electron chi connectivity index (χ0n) is 7.36. The van der Waals surface area contributed by atoms with E-state index in [1.165, 1.54) is 51.4 Å². The van der Waals surface area contributed by atoms with Gasteiger partial charge < -0.3 is 0 Å². The minimum Gasteiger partial charge on any atom is -0.0993 e. The fourth-order valence-corrected chi connectivity index (χ4v) is 2.90. The van der Waals surface area contributed by atoms with Crippen molar-refractivity contribution in [3.8, 4) is 0 Å². The van der Waals surface area contributed by atoms with E-state index in [9.17, 15) is 0 Å². The predicted molar refractivity (Wildman–Crippen MR) is 55.2 cm³/mol. The van der Waals surface area contributed by atoms with Gasteiger partial charge in [0.05, 0.1) is 0 Å². The summed E-state index contributed by atoms with van der Waals surface area (Å²) in [5.74, 6) is 0. The van der Waals surface area contributed by atoms with E-state index >= 15 is 0 Å². The fourth-order valence-electron chi connectivity index (χ4n) is 2.90. The third-order valence-electron chi connectivity index (χ3n) is 3.69. The van der Waals surface area contributed by atoms with Crippen molar-refractivity contribution < 1.29 is 0 Å². The van der Waals surface area contributed by atoms with Crippen LogP contribution in [0.5, 0.6) is 0 Å². The van der Waals surface area contributed by atoms with Gasteiger partial charge in [0, 0.05) is 0 Å². The van der Waals surface area contributed by atoms with Gasteiger partial charge in [-0.2, -0.15) is 0 Å². The summed E-state index contributed by atoms with van der Waals surface area (Å²) in [7, 11) is 0. The van der Waals surface area contributed by atoms with E-state index in [0.717, 1.165) is 0 Å². The van der Waals surface area contributed by atoms with Crippen LogP contribution in [0.4, 0.5) is 0 Å². The normalized spacial score (nSPS) is 27.2. The fraction of sp³-hybridized carbons (Fsp3) is 0.833. The van der Waals surface area contributed by atoms with Crippen molar-refractivity contribution in [2.75, 3.05) is 0 Å². The molecule has 0 bridgehead atoms. The zero-order valence-corrected chi connectivity index (χ0v) is 7.36. The first-order valence-electron chi connectivity index (χ1n) is 5.02. The molecule has 1 spiro atoms. The zero-order chi connectivity index (χ0) is 7.73. The Bertz CT molecular complexity index is 161. The molecule has 0 radical (unpaired) electrons. The molecular formula is C12H22. The number of rotatable bonds is 0. The maximum atomic E-state index is 4.25. The molecule has 0 saturated heterocycles. The lowest BCUT2D eigenvalue weighted by Crippen LogP contribution is -2.22. The van der Waals surface area contributed by atoms with Gasteiger partial charge in [-0.25, -0.2) is 0 Å². The highest BCUT2D eigenvalue weighted by atomic mass is 14.4. The van der Waals surface area contributed by atoms with Gasteiger partial charge in [0.1, 0.15) is 0 Å². The average Bonchev–Trinajstić information content (AvgIpc) is 2.46. The molecule has 0 unspecified atom stereocenters. The Kier molecular flexibility index (Phi) is 2.98. The van der Waals surface area contributed by atoms with Crippen LogP contribution in [0.3, 0.4) is 0 Å². The standard InChI is InChI=1S/C11H18.CH4/c1-10-6-2-3-7-11(10)8-4-5-9-11;/h1-9H2;1H4. The largest absolute Gasteiger partial charge is 0.0993 e. The van der Waals surface area contributed by atoms with Crippen molar-refractivity contribution in [2.24, 2.45) is 5.41 Å². The van der Waals surface area contributed by atoms with Gasteiger partial charge in [0.2, 0.25) is 0 Å². The second-order valence-corrected chi connectivity index (χ2v) is 4.30. The van der Waals surface area contributed by atoms with Crippen LogP contribution < -0.4 is 0 Å². The SMILES string of the molecule is C.C=C1CCCCC12CCCC2. The Labute approximate surface area is 77.1 Å². The molecule has 0 nitrogen and oxygen atoms in total. The van der Waals surface area contributed by atoms with E-state index in [0.29, 0.717) is 5.41 Å². The molecule has 2 fully saturated rings. The molecule has 0 heteroatoms. The van der Waals surface area contributed by atoms with Gasteiger partial charge in [0.15, 0.2) is 0 Å². The Morgan fingerprint density at radius 1 is 0.917 bits per heavy atom. The van der Waals surface area contributed by atoms with Crippen molar-refractivity contribution in [1.29, 1.82) is 0 Å². The first kappa shape index (κ1) is 9.83. The minimum atomic E-state index is 0. The highest BCUT2D eigenvalue weighted by molar-refractivity contribution is 5.14. The molecule has 70 valence electrons. The summed E-state index contributed by atoms with van der Waals surface area (Å²) in [6, 6.07) is 0. The van der Waals surface area contributed by atoms with Crippen molar-refractivity contribution in [1.82, 2.24) is 0 Å². The lowest BCUT2D eigenvalue weighted by Gasteiger charge is -2.35. The summed E-state index contributed by atoms with van der Waals surface area (Å²) < 4.78 is 0. The summed E-state index contributed by atoms with van der Waals surface area (Å²) in [5, 5.41) is 0. The number of hydrogen-bond donors (Lipinski definition) is 0. The van der Waals surface area contributed by atoms with Gasteiger partial charge in [-0.1, -0.05) is 38.8 Å². The van der Waals surface area contributed by atoms with E-state index < -0.39 is 0 Å². The third kappa shape index (κ3) is 1.44. The lowest BCUT2D eigenvalue weighted by molar-refractivity contribution is 0.283. The molecular weight excluding hydrogens is 144 g/mol. The molecule has 0 amide bonds. The molecule has 2 rings (SSSR count). The molecule has 2 saturated carbocycles. The summed E-state index contributed by atoms with van der Waals surface area (Å²) >= 11 is 0. The number of allylic oxidation sites excluding steroid dienone is 1. The van der Waals surface area contributed by atoms with Crippen molar-refractivity contribution >= 4 is 0 Å². The van der Waals surface area contributed by atoms with Gasteiger partial charge >= 0.3 is 0 Å². The third-order valence-corrected chi connectivity index (χ3v) is 3.69.